The smallest absolute Gasteiger partial charge is 0.144 e. The Hall–Kier alpha value is 0.295. The molecule has 3 atom stereocenters. The third kappa shape index (κ3) is 1.96. The van der Waals surface area contributed by atoms with Crippen LogP contribution in [0.4, 0.5) is 0 Å². The first-order chi connectivity index (χ1) is 5.62. The van der Waals surface area contributed by atoms with Crippen LogP contribution in [0, 0.1) is 0 Å². The predicted octanol–water partition coefficient (Wildman–Crippen LogP) is 0.0441. The quantitative estimate of drug-likeness (QED) is 0.575. The Bertz CT molecular complexity index is 158. The van der Waals surface area contributed by atoms with Gasteiger partial charge in [0.25, 0.3) is 0 Å². The second kappa shape index (κ2) is 4.00. The molecule has 3 nitrogen and oxygen atoms in total. The van der Waals surface area contributed by atoms with Crippen molar-refractivity contribution >= 4 is 19.6 Å². The molecule has 1 fully saturated rings. The summed E-state index contributed by atoms with van der Waals surface area (Å²) in [4.78, 5) is -0.279. The van der Waals surface area contributed by atoms with Crippen LogP contribution < -0.4 is 0 Å². The zero-order valence-corrected chi connectivity index (χ0v) is 8.81. The van der Waals surface area contributed by atoms with Crippen molar-refractivity contribution in [2.75, 3.05) is 20.8 Å². The van der Waals surface area contributed by atoms with Crippen LogP contribution in [0.25, 0.3) is 0 Å². The van der Waals surface area contributed by atoms with Gasteiger partial charge in [0, 0.05) is 14.2 Å². The minimum absolute atomic E-state index is 0.0890. The molecule has 1 heterocycles. The zero-order chi connectivity index (χ0) is 9.19. The summed E-state index contributed by atoms with van der Waals surface area (Å²) in [6, 6.07) is 0.110. The second-order valence-corrected chi connectivity index (χ2v) is 4.55. The maximum Gasteiger partial charge on any atom is 0.144 e. The van der Waals surface area contributed by atoms with E-state index >= 15 is 0 Å². The lowest BCUT2D eigenvalue weighted by atomic mass is 9.94. The maximum atomic E-state index is 5.52. The molecule has 5 heteroatoms. The molecule has 0 N–H and O–H groups in total. The molecule has 0 saturated carbocycles. The van der Waals surface area contributed by atoms with Gasteiger partial charge in [-0.25, -0.2) is 0 Å². The first-order valence-electron chi connectivity index (χ1n) is 3.99. The van der Waals surface area contributed by atoms with Crippen LogP contribution in [-0.4, -0.2) is 45.0 Å². The fourth-order valence-electron chi connectivity index (χ4n) is 1.10. The van der Waals surface area contributed by atoms with Crippen molar-refractivity contribution < 1.29 is 14.2 Å². The van der Waals surface area contributed by atoms with Gasteiger partial charge in [0.05, 0.1) is 12.6 Å². The Labute approximate surface area is 78.5 Å². The van der Waals surface area contributed by atoms with Gasteiger partial charge in [-0.3, -0.25) is 0 Å². The molecule has 0 aromatic carbocycles. The summed E-state index contributed by atoms with van der Waals surface area (Å²) in [5, 5.41) is 0. The molecular weight excluding hydrogens is 175 g/mol. The summed E-state index contributed by atoms with van der Waals surface area (Å²) in [6.45, 7) is 2.66. The van der Waals surface area contributed by atoms with Gasteiger partial charge >= 0.3 is 0 Å². The topological polar surface area (TPSA) is 27.7 Å². The van der Waals surface area contributed by atoms with Crippen molar-refractivity contribution in [3.05, 3.63) is 0 Å². The third-order valence-corrected chi connectivity index (χ3v) is 3.81. The van der Waals surface area contributed by atoms with E-state index in [1.165, 1.54) is 0 Å². The number of ether oxygens (including phenoxy) is 3. The van der Waals surface area contributed by atoms with E-state index in [0.717, 1.165) is 0 Å². The first kappa shape index (κ1) is 10.4. The molecule has 0 bridgehead atoms. The molecule has 1 rings (SSSR count). The van der Waals surface area contributed by atoms with E-state index in [2.05, 4.69) is 0 Å². The number of hydrogen-bond donors (Lipinski definition) is 0. The van der Waals surface area contributed by atoms with Crippen molar-refractivity contribution in [3.63, 3.8) is 0 Å². The maximum absolute atomic E-state index is 5.52. The van der Waals surface area contributed by atoms with E-state index in [4.69, 9.17) is 14.2 Å². The Morgan fingerprint density at radius 2 is 2.25 bits per heavy atom. The van der Waals surface area contributed by atoms with Crippen molar-refractivity contribution in [2.45, 2.75) is 23.3 Å². The molecule has 0 unspecified atom stereocenters. The molecule has 1 aliphatic heterocycles. The van der Waals surface area contributed by atoms with Crippen LogP contribution in [0.1, 0.15) is 6.92 Å². The van der Waals surface area contributed by atoms with Crippen LogP contribution in [0.15, 0.2) is 0 Å². The molecule has 0 aromatic heterocycles. The van der Waals surface area contributed by atoms with E-state index in [1.54, 1.807) is 26.0 Å². The Balaban J connectivity index is 2.58. The van der Waals surface area contributed by atoms with E-state index in [0.29, 0.717) is 6.61 Å². The molecule has 0 amide bonds. The lowest BCUT2D eigenvalue weighted by molar-refractivity contribution is -0.0631. The fraction of sp³-hybridized carbons (Fsp3) is 1.00. The van der Waals surface area contributed by atoms with Gasteiger partial charge in [-0.15, -0.1) is 0 Å². The lowest BCUT2D eigenvalue weighted by Crippen LogP contribution is -2.47. The Morgan fingerprint density at radius 3 is 2.75 bits per heavy atom. The summed E-state index contributed by atoms with van der Waals surface area (Å²) in [5.74, 6) is 0. The van der Waals surface area contributed by atoms with Gasteiger partial charge in [0.2, 0.25) is 0 Å². The summed E-state index contributed by atoms with van der Waals surface area (Å²) in [5.41, 5.74) is 0.0890. The van der Waals surface area contributed by atoms with Gasteiger partial charge in [0.15, 0.2) is 0 Å². The molecule has 0 aliphatic carbocycles. The standard InChI is InChI=1S/C7H15BO3S/c1-7(10-3)6(8)11-4-5(9-2)12-7/h5-6H,4,8H2,1-3H3/t5-,6+,7-/m0/s1. The number of hydrogen-bond acceptors (Lipinski definition) is 4. The molecule has 12 heavy (non-hydrogen) atoms. The summed E-state index contributed by atoms with van der Waals surface area (Å²) < 4.78 is 16.1. The monoisotopic (exact) mass is 190 g/mol. The highest BCUT2D eigenvalue weighted by Gasteiger charge is 2.39. The average molecular weight is 190 g/mol. The molecule has 0 radical (unpaired) electrons. The van der Waals surface area contributed by atoms with Gasteiger partial charge in [-0.05, 0) is 6.92 Å². The van der Waals surface area contributed by atoms with Crippen molar-refractivity contribution in [2.24, 2.45) is 0 Å². The van der Waals surface area contributed by atoms with Crippen LogP contribution >= 0.6 is 11.8 Å². The lowest BCUT2D eigenvalue weighted by Gasteiger charge is -2.40. The summed E-state index contributed by atoms with van der Waals surface area (Å²) >= 11 is 1.67. The van der Waals surface area contributed by atoms with E-state index in [1.807, 2.05) is 14.8 Å². The molecule has 70 valence electrons. The first-order valence-corrected chi connectivity index (χ1v) is 4.87. The van der Waals surface area contributed by atoms with Gasteiger partial charge in [-0.1, -0.05) is 11.8 Å². The van der Waals surface area contributed by atoms with Gasteiger partial charge in [0.1, 0.15) is 18.2 Å². The number of methoxy groups -OCH3 is 2. The van der Waals surface area contributed by atoms with E-state index < -0.39 is 0 Å². The summed E-state index contributed by atoms with van der Waals surface area (Å²) in [7, 11) is 5.40. The van der Waals surface area contributed by atoms with Crippen LogP contribution in [-0.2, 0) is 14.2 Å². The Morgan fingerprint density at radius 1 is 1.58 bits per heavy atom. The Kier molecular flexibility index (Phi) is 3.46. The minimum Gasteiger partial charge on any atom is -0.380 e. The predicted molar refractivity (Wildman–Crippen MR) is 52.1 cm³/mol. The second-order valence-electron chi connectivity index (χ2n) is 2.98. The van der Waals surface area contributed by atoms with E-state index in [-0.39, 0.29) is 16.4 Å². The molecule has 0 spiro atoms. The largest absolute Gasteiger partial charge is 0.380 e. The highest BCUT2D eigenvalue weighted by atomic mass is 32.2. The highest BCUT2D eigenvalue weighted by Crippen LogP contribution is 2.37. The van der Waals surface area contributed by atoms with Gasteiger partial charge in [-0.2, -0.15) is 0 Å². The van der Waals surface area contributed by atoms with Crippen LogP contribution in [0.2, 0.25) is 0 Å². The number of thioether (sulfide) groups is 1. The van der Waals surface area contributed by atoms with Gasteiger partial charge < -0.3 is 14.2 Å². The van der Waals surface area contributed by atoms with Crippen LogP contribution in [0.5, 0.6) is 0 Å². The minimum atomic E-state index is -0.279. The zero-order valence-electron chi connectivity index (χ0n) is 7.99. The SMILES string of the molecule is B[C@@H]1OC[C@@H](OC)S[C@]1(C)OC. The highest BCUT2D eigenvalue weighted by molar-refractivity contribution is 8.01. The summed E-state index contributed by atoms with van der Waals surface area (Å²) in [6.07, 6.45) is 0. The molecular formula is C7H15BO3S. The van der Waals surface area contributed by atoms with Crippen molar-refractivity contribution in [3.8, 4) is 0 Å². The fourth-order valence-corrected chi connectivity index (χ4v) is 2.22. The molecule has 0 aromatic rings. The van der Waals surface area contributed by atoms with Crippen molar-refractivity contribution in [1.29, 1.82) is 0 Å². The molecule has 1 saturated heterocycles. The van der Waals surface area contributed by atoms with Crippen LogP contribution in [0.3, 0.4) is 0 Å². The normalized spacial score (nSPS) is 42.9. The molecule has 1 aliphatic rings. The van der Waals surface area contributed by atoms with Crippen molar-refractivity contribution in [1.82, 2.24) is 0 Å². The number of rotatable bonds is 2. The average Bonchev–Trinajstić information content (AvgIpc) is 2.10. The van der Waals surface area contributed by atoms with E-state index in [9.17, 15) is 0 Å². The third-order valence-electron chi connectivity index (χ3n) is 2.25.